The molecule has 0 saturated carbocycles. The summed E-state index contributed by atoms with van der Waals surface area (Å²) in [5.41, 5.74) is 0.633. The first kappa shape index (κ1) is 14.9. The fourth-order valence-corrected chi connectivity index (χ4v) is 2.94. The van der Waals surface area contributed by atoms with E-state index in [-0.39, 0.29) is 11.9 Å². The molecule has 2 unspecified atom stereocenters. The van der Waals surface area contributed by atoms with Crippen LogP contribution in [-0.4, -0.2) is 32.8 Å². The maximum Gasteiger partial charge on any atom is 0.341 e. The molecule has 0 N–H and O–H groups in total. The summed E-state index contributed by atoms with van der Waals surface area (Å²) in [6.45, 7) is 5.92. The smallest absolute Gasteiger partial charge is 0.341 e. The fraction of sp³-hybridized carbons (Fsp3) is 0.562. The number of esters is 1. The summed E-state index contributed by atoms with van der Waals surface area (Å²) in [7, 11) is 5.40. The van der Waals surface area contributed by atoms with Crippen LogP contribution in [0.5, 0.6) is 0 Å². The third-order valence-electron chi connectivity index (χ3n) is 4.27. The van der Waals surface area contributed by atoms with Gasteiger partial charge in [-0.05, 0) is 30.5 Å². The van der Waals surface area contributed by atoms with Crippen LogP contribution in [0.2, 0.25) is 0 Å². The number of anilines is 1. The van der Waals surface area contributed by atoms with Gasteiger partial charge in [0.15, 0.2) is 0 Å². The summed E-state index contributed by atoms with van der Waals surface area (Å²) in [6, 6.07) is 8.10. The van der Waals surface area contributed by atoms with E-state index in [4.69, 9.17) is 9.47 Å². The first-order chi connectivity index (χ1) is 9.29. The summed E-state index contributed by atoms with van der Waals surface area (Å²) in [4.78, 5) is 14.2. The lowest BCUT2D eigenvalue weighted by Gasteiger charge is -2.19. The highest BCUT2D eigenvalue weighted by Gasteiger charge is 2.75. The van der Waals surface area contributed by atoms with Crippen LogP contribution < -0.4 is 4.90 Å². The van der Waals surface area contributed by atoms with Gasteiger partial charge < -0.3 is 14.4 Å². The van der Waals surface area contributed by atoms with Gasteiger partial charge in [0.25, 0.3) is 0 Å². The van der Waals surface area contributed by atoms with Crippen molar-refractivity contribution < 1.29 is 14.3 Å². The van der Waals surface area contributed by atoms with Crippen LogP contribution in [0.3, 0.4) is 0 Å². The lowest BCUT2D eigenvalue weighted by molar-refractivity contribution is -0.148. The molecule has 1 fully saturated rings. The molecule has 1 aliphatic rings. The number of nitrogens with zero attached hydrogens (tertiary/aromatic N) is 1. The molecule has 1 aromatic rings. The zero-order chi connectivity index (χ0) is 15.1. The van der Waals surface area contributed by atoms with E-state index in [1.165, 1.54) is 7.11 Å². The summed E-state index contributed by atoms with van der Waals surface area (Å²) < 4.78 is 10.9. The molecule has 1 aliphatic heterocycles. The van der Waals surface area contributed by atoms with E-state index in [1.54, 1.807) is 0 Å². The summed E-state index contributed by atoms with van der Waals surface area (Å²) in [5, 5.41) is 0. The molecule has 0 aliphatic carbocycles. The van der Waals surface area contributed by atoms with E-state index in [0.717, 1.165) is 11.3 Å². The molecule has 4 heteroatoms. The Morgan fingerprint density at radius 1 is 1.25 bits per heavy atom. The van der Waals surface area contributed by atoms with Crippen molar-refractivity contribution in [1.82, 2.24) is 0 Å². The molecule has 1 saturated heterocycles. The van der Waals surface area contributed by atoms with Crippen LogP contribution in [0.25, 0.3) is 0 Å². The molecule has 0 radical (unpaired) electrons. The maximum absolute atomic E-state index is 12.1. The van der Waals surface area contributed by atoms with Gasteiger partial charge in [0.2, 0.25) is 5.60 Å². The van der Waals surface area contributed by atoms with Crippen molar-refractivity contribution in [3.8, 4) is 0 Å². The first-order valence-corrected chi connectivity index (χ1v) is 6.86. The number of carbonyl (C=O) groups excluding carboxylic acids is 1. The minimum Gasteiger partial charge on any atom is -0.467 e. The zero-order valence-corrected chi connectivity index (χ0v) is 13.1. The Balaban J connectivity index is 2.35. The number of methoxy groups -OCH3 is 1. The van der Waals surface area contributed by atoms with Crippen LogP contribution in [0.1, 0.15) is 26.3 Å². The summed E-state index contributed by atoms with van der Waals surface area (Å²) in [5.74, 6) is -0.250. The Hall–Kier alpha value is -1.55. The number of carbonyl (C=O) groups is 1. The van der Waals surface area contributed by atoms with Gasteiger partial charge >= 0.3 is 5.97 Å². The average molecular weight is 277 g/mol. The number of rotatable bonds is 4. The van der Waals surface area contributed by atoms with Crippen molar-refractivity contribution in [3.05, 3.63) is 29.8 Å². The molecule has 1 aromatic carbocycles. The Morgan fingerprint density at radius 2 is 1.80 bits per heavy atom. The SMILES string of the molecule is COC(=O)C1(C(C)C)OC1(C)c1ccc(N(C)C)cc1. The second kappa shape index (κ2) is 4.77. The van der Waals surface area contributed by atoms with Crippen LogP contribution in [-0.2, 0) is 19.9 Å². The summed E-state index contributed by atoms with van der Waals surface area (Å²) >= 11 is 0. The van der Waals surface area contributed by atoms with Crippen LogP contribution >= 0.6 is 0 Å². The predicted octanol–water partition coefficient (Wildman–Crippen LogP) is 2.57. The molecular formula is C16H23NO3. The Labute approximate surface area is 120 Å². The molecule has 110 valence electrons. The topological polar surface area (TPSA) is 42.1 Å². The van der Waals surface area contributed by atoms with Crippen molar-refractivity contribution in [1.29, 1.82) is 0 Å². The molecule has 0 bridgehead atoms. The lowest BCUT2D eigenvalue weighted by Crippen LogP contribution is -2.37. The molecule has 2 atom stereocenters. The Bertz CT molecular complexity index is 509. The van der Waals surface area contributed by atoms with Gasteiger partial charge in [-0.15, -0.1) is 0 Å². The maximum atomic E-state index is 12.1. The monoisotopic (exact) mass is 277 g/mol. The van der Waals surface area contributed by atoms with Crippen molar-refractivity contribution in [2.24, 2.45) is 5.92 Å². The van der Waals surface area contributed by atoms with E-state index in [9.17, 15) is 4.79 Å². The Morgan fingerprint density at radius 3 is 2.20 bits per heavy atom. The second-order valence-corrected chi connectivity index (χ2v) is 5.96. The van der Waals surface area contributed by atoms with Gasteiger partial charge in [0, 0.05) is 19.8 Å². The number of hydrogen-bond acceptors (Lipinski definition) is 4. The minimum atomic E-state index is -0.874. The van der Waals surface area contributed by atoms with E-state index in [2.05, 4.69) is 0 Å². The van der Waals surface area contributed by atoms with Gasteiger partial charge in [-0.1, -0.05) is 26.0 Å². The van der Waals surface area contributed by atoms with E-state index < -0.39 is 11.2 Å². The minimum absolute atomic E-state index is 0.0495. The highest BCUT2D eigenvalue weighted by atomic mass is 16.7. The van der Waals surface area contributed by atoms with Gasteiger partial charge in [-0.25, -0.2) is 4.79 Å². The van der Waals surface area contributed by atoms with E-state index in [0.29, 0.717) is 0 Å². The van der Waals surface area contributed by atoms with Crippen LogP contribution in [0.4, 0.5) is 5.69 Å². The van der Waals surface area contributed by atoms with E-state index in [1.807, 2.05) is 64.0 Å². The van der Waals surface area contributed by atoms with Crippen molar-refractivity contribution in [3.63, 3.8) is 0 Å². The van der Waals surface area contributed by atoms with Gasteiger partial charge in [-0.2, -0.15) is 0 Å². The average Bonchev–Trinajstić information content (AvgIpc) is 3.07. The van der Waals surface area contributed by atoms with Crippen molar-refractivity contribution in [2.75, 3.05) is 26.1 Å². The van der Waals surface area contributed by atoms with Crippen LogP contribution in [0.15, 0.2) is 24.3 Å². The van der Waals surface area contributed by atoms with Crippen molar-refractivity contribution >= 4 is 11.7 Å². The molecule has 4 nitrogen and oxygen atoms in total. The zero-order valence-electron chi connectivity index (χ0n) is 13.1. The predicted molar refractivity (Wildman–Crippen MR) is 78.8 cm³/mol. The molecule has 0 aromatic heterocycles. The molecular weight excluding hydrogens is 254 g/mol. The van der Waals surface area contributed by atoms with Gasteiger partial charge in [0.05, 0.1) is 7.11 Å². The molecule has 2 rings (SSSR count). The standard InChI is InChI=1S/C16H23NO3/c1-11(2)16(14(18)19-6)15(3,20-16)12-7-9-13(10-8-12)17(4)5/h7-11H,1-6H3. The highest BCUT2D eigenvalue weighted by molar-refractivity contribution is 5.85. The van der Waals surface area contributed by atoms with Gasteiger partial charge in [0.1, 0.15) is 5.60 Å². The molecule has 0 spiro atoms. The Kier molecular flexibility index (Phi) is 3.54. The number of benzene rings is 1. The normalized spacial score (nSPS) is 28.4. The second-order valence-electron chi connectivity index (χ2n) is 5.96. The first-order valence-electron chi connectivity index (χ1n) is 6.86. The number of hydrogen-bond donors (Lipinski definition) is 0. The molecule has 1 heterocycles. The lowest BCUT2D eigenvalue weighted by atomic mass is 9.80. The number of ether oxygens (including phenoxy) is 2. The summed E-state index contributed by atoms with van der Waals surface area (Å²) in [6.07, 6.45) is 0. The highest BCUT2D eigenvalue weighted by Crippen LogP contribution is 2.60. The third-order valence-corrected chi connectivity index (χ3v) is 4.27. The quantitative estimate of drug-likeness (QED) is 0.626. The van der Waals surface area contributed by atoms with Gasteiger partial charge in [-0.3, -0.25) is 0 Å². The van der Waals surface area contributed by atoms with Crippen molar-refractivity contribution in [2.45, 2.75) is 32.0 Å². The number of epoxide rings is 1. The molecule has 0 amide bonds. The van der Waals surface area contributed by atoms with E-state index >= 15 is 0 Å². The largest absolute Gasteiger partial charge is 0.467 e. The van der Waals surface area contributed by atoms with Crippen LogP contribution in [0, 0.1) is 5.92 Å². The third kappa shape index (κ3) is 1.90. The molecule has 20 heavy (non-hydrogen) atoms. The fourth-order valence-electron chi connectivity index (χ4n) is 2.94.